The molecule has 18 heavy (non-hydrogen) atoms. The normalized spacial score (nSPS) is 17.4. The van der Waals surface area contributed by atoms with Crippen molar-refractivity contribution in [2.45, 2.75) is 6.54 Å². The summed E-state index contributed by atoms with van der Waals surface area (Å²) in [4.78, 5) is 2.40. The zero-order valence-corrected chi connectivity index (χ0v) is 10.6. The van der Waals surface area contributed by atoms with Gasteiger partial charge in [0.2, 0.25) is 0 Å². The molecule has 3 rings (SSSR count). The zero-order valence-electron chi connectivity index (χ0n) is 10.6. The maximum atomic E-state index is 9.52. The number of ether oxygens (including phenoxy) is 1. The summed E-state index contributed by atoms with van der Waals surface area (Å²) in [6, 6.07) is 7.68. The number of phenolic OH excluding ortho intramolecular Hbond substituents is 1. The fourth-order valence-electron chi connectivity index (χ4n) is 2.53. The highest BCUT2D eigenvalue weighted by atomic mass is 16.5. The number of aromatic hydroxyl groups is 1. The van der Waals surface area contributed by atoms with Gasteiger partial charge >= 0.3 is 0 Å². The molecule has 1 aliphatic heterocycles. The zero-order chi connectivity index (χ0) is 12.5. The molecule has 0 spiro atoms. The second-order valence-electron chi connectivity index (χ2n) is 4.83. The SMILES string of the molecule is Cn1c(CN2CCOCC2)cc2cc(O)ccc21. The number of rotatable bonds is 2. The van der Waals surface area contributed by atoms with Crippen LogP contribution in [0.4, 0.5) is 0 Å². The molecule has 1 aromatic heterocycles. The van der Waals surface area contributed by atoms with Gasteiger partial charge in [0.1, 0.15) is 5.75 Å². The van der Waals surface area contributed by atoms with E-state index in [4.69, 9.17) is 4.74 Å². The first-order chi connectivity index (χ1) is 8.74. The molecule has 2 aromatic rings. The van der Waals surface area contributed by atoms with E-state index in [1.165, 1.54) is 5.69 Å². The predicted molar refractivity (Wildman–Crippen MR) is 70.7 cm³/mol. The second kappa shape index (κ2) is 4.63. The van der Waals surface area contributed by atoms with Crippen LogP contribution in [0.5, 0.6) is 5.75 Å². The third-order valence-corrected chi connectivity index (χ3v) is 3.61. The molecule has 0 atom stereocenters. The van der Waals surface area contributed by atoms with Crippen molar-refractivity contribution in [2.75, 3.05) is 26.3 Å². The first-order valence-corrected chi connectivity index (χ1v) is 6.31. The van der Waals surface area contributed by atoms with E-state index in [2.05, 4.69) is 22.6 Å². The Morgan fingerprint density at radius 1 is 1.22 bits per heavy atom. The summed E-state index contributed by atoms with van der Waals surface area (Å²) < 4.78 is 7.56. The predicted octanol–water partition coefficient (Wildman–Crippen LogP) is 1.72. The van der Waals surface area contributed by atoms with Crippen molar-refractivity contribution in [2.24, 2.45) is 7.05 Å². The molecule has 0 saturated carbocycles. The molecule has 0 aliphatic carbocycles. The van der Waals surface area contributed by atoms with Crippen molar-refractivity contribution in [3.05, 3.63) is 30.0 Å². The van der Waals surface area contributed by atoms with Gasteiger partial charge in [-0.25, -0.2) is 0 Å². The Morgan fingerprint density at radius 2 is 2.00 bits per heavy atom. The maximum absolute atomic E-state index is 9.52. The van der Waals surface area contributed by atoms with Gasteiger partial charge in [0, 0.05) is 43.3 Å². The highest BCUT2D eigenvalue weighted by molar-refractivity contribution is 5.82. The molecular formula is C14H18N2O2. The van der Waals surface area contributed by atoms with Crippen molar-refractivity contribution in [3.8, 4) is 5.75 Å². The largest absolute Gasteiger partial charge is 0.508 e. The van der Waals surface area contributed by atoms with Crippen LogP contribution >= 0.6 is 0 Å². The Hall–Kier alpha value is -1.52. The molecule has 1 N–H and O–H groups in total. The molecule has 4 nitrogen and oxygen atoms in total. The Balaban J connectivity index is 1.89. The van der Waals surface area contributed by atoms with Gasteiger partial charge in [0.15, 0.2) is 0 Å². The van der Waals surface area contributed by atoms with Crippen LogP contribution in [0.3, 0.4) is 0 Å². The molecule has 1 aliphatic rings. The minimum absolute atomic E-state index is 0.325. The van der Waals surface area contributed by atoms with E-state index < -0.39 is 0 Å². The van der Waals surface area contributed by atoms with Crippen molar-refractivity contribution >= 4 is 10.9 Å². The number of fused-ring (bicyclic) bond motifs is 1. The quantitative estimate of drug-likeness (QED) is 0.876. The van der Waals surface area contributed by atoms with Gasteiger partial charge in [0.05, 0.1) is 13.2 Å². The van der Waals surface area contributed by atoms with Crippen LogP contribution in [0.1, 0.15) is 5.69 Å². The molecule has 96 valence electrons. The van der Waals surface area contributed by atoms with Crippen LogP contribution in [0.15, 0.2) is 24.3 Å². The van der Waals surface area contributed by atoms with Crippen LogP contribution in [0, 0.1) is 0 Å². The Kier molecular flexibility index (Phi) is 2.97. The van der Waals surface area contributed by atoms with Crippen LogP contribution in [-0.4, -0.2) is 40.9 Å². The van der Waals surface area contributed by atoms with Crippen LogP contribution in [0.25, 0.3) is 10.9 Å². The monoisotopic (exact) mass is 246 g/mol. The molecule has 0 amide bonds. The van der Waals surface area contributed by atoms with Gasteiger partial charge < -0.3 is 14.4 Å². The summed E-state index contributed by atoms with van der Waals surface area (Å²) in [5, 5.41) is 10.6. The average molecular weight is 246 g/mol. The van der Waals surface area contributed by atoms with Gasteiger partial charge in [0.25, 0.3) is 0 Å². The molecule has 0 unspecified atom stereocenters. The molecular weight excluding hydrogens is 228 g/mol. The average Bonchev–Trinajstić information content (AvgIpc) is 2.67. The number of hydrogen-bond acceptors (Lipinski definition) is 3. The van der Waals surface area contributed by atoms with Crippen molar-refractivity contribution in [3.63, 3.8) is 0 Å². The number of nitrogens with zero attached hydrogens (tertiary/aromatic N) is 2. The standard InChI is InChI=1S/C14H18N2O2/c1-15-12(10-16-4-6-18-7-5-16)8-11-9-13(17)2-3-14(11)15/h2-3,8-9,17H,4-7,10H2,1H3. The summed E-state index contributed by atoms with van der Waals surface area (Å²) in [7, 11) is 2.08. The summed E-state index contributed by atoms with van der Waals surface area (Å²) in [6.07, 6.45) is 0. The Morgan fingerprint density at radius 3 is 2.78 bits per heavy atom. The van der Waals surface area contributed by atoms with Gasteiger partial charge in [-0.2, -0.15) is 0 Å². The molecule has 1 saturated heterocycles. The number of aryl methyl sites for hydroxylation is 1. The Bertz CT molecular complexity index is 556. The number of phenols is 1. The molecule has 0 radical (unpaired) electrons. The van der Waals surface area contributed by atoms with Gasteiger partial charge in [-0.15, -0.1) is 0 Å². The molecule has 2 heterocycles. The highest BCUT2D eigenvalue weighted by Gasteiger charge is 2.13. The molecule has 1 aromatic carbocycles. The number of morpholine rings is 1. The fourth-order valence-corrected chi connectivity index (χ4v) is 2.53. The summed E-state index contributed by atoms with van der Waals surface area (Å²) in [5.74, 6) is 0.325. The number of aromatic nitrogens is 1. The number of hydrogen-bond donors (Lipinski definition) is 1. The van der Waals surface area contributed by atoms with Crippen molar-refractivity contribution in [1.29, 1.82) is 0 Å². The minimum Gasteiger partial charge on any atom is -0.508 e. The maximum Gasteiger partial charge on any atom is 0.116 e. The fraction of sp³-hybridized carbons (Fsp3) is 0.429. The van der Waals surface area contributed by atoms with E-state index in [-0.39, 0.29) is 0 Å². The van der Waals surface area contributed by atoms with E-state index in [0.717, 1.165) is 43.8 Å². The first-order valence-electron chi connectivity index (χ1n) is 6.31. The summed E-state index contributed by atoms with van der Waals surface area (Å²) >= 11 is 0. The lowest BCUT2D eigenvalue weighted by molar-refractivity contribution is 0.0333. The van der Waals surface area contributed by atoms with E-state index in [9.17, 15) is 5.11 Å². The molecule has 1 fully saturated rings. The van der Waals surface area contributed by atoms with E-state index >= 15 is 0 Å². The topological polar surface area (TPSA) is 37.6 Å². The third-order valence-electron chi connectivity index (χ3n) is 3.61. The van der Waals surface area contributed by atoms with E-state index in [0.29, 0.717) is 5.75 Å². The lowest BCUT2D eigenvalue weighted by Gasteiger charge is -2.26. The van der Waals surface area contributed by atoms with Crippen LogP contribution in [-0.2, 0) is 18.3 Å². The number of benzene rings is 1. The minimum atomic E-state index is 0.325. The summed E-state index contributed by atoms with van der Waals surface area (Å²) in [5.41, 5.74) is 2.44. The lowest BCUT2D eigenvalue weighted by Crippen LogP contribution is -2.36. The third kappa shape index (κ3) is 2.09. The van der Waals surface area contributed by atoms with Crippen molar-refractivity contribution in [1.82, 2.24) is 9.47 Å². The van der Waals surface area contributed by atoms with Crippen LogP contribution in [0.2, 0.25) is 0 Å². The van der Waals surface area contributed by atoms with Crippen molar-refractivity contribution < 1.29 is 9.84 Å². The molecule has 0 bridgehead atoms. The first kappa shape index (κ1) is 11.6. The second-order valence-corrected chi connectivity index (χ2v) is 4.83. The summed E-state index contributed by atoms with van der Waals surface area (Å²) in [6.45, 7) is 4.57. The smallest absolute Gasteiger partial charge is 0.116 e. The Labute approximate surface area is 106 Å². The lowest BCUT2D eigenvalue weighted by atomic mass is 10.2. The van der Waals surface area contributed by atoms with E-state index in [1.54, 1.807) is 6.07 Å². The van der Waals surface area contributed by atoms with E-state index in [1.807, 2.05) is 12.1 Å². The molecule has 4 heteroatoms. The van der Waals surface area contributed by atoms with Crippen LogP contribution < -0.4 is 0 Å². The van der Waals surface area contributed by atoms with Gasteiger partial charge in [-0.05, 0) is 24.3 Å². The van der Waals surface area contributed by atoms with Gasteiger partial charge in [-0.1, -0.05) is 0 Å². The van der Waals surface area contributed by atoms with Gasteiger partial charge in [-0.3, -0.25) is 4.90 Å². The highest BCUT2D eigenvalue weighted by Crippen LogP contribution is 2.24.